The number of fused-ring (bicyclic) bond motifs is 1. The van der Waals surface area contributed by atoms with Crippen LogP contribution in [-0.4, -0.2) is 49.4 Å². The quantitative estimate of drug-likeness (QED) is 0.533. The van der Waals surface area contributed by atoms with Crippen LogP contribution in [0.25, 0.3) is 5.57 Å². The highest BCUT2D eigenvalue weighted by atomic mass is 32.2. The molecule has 1 saturated carbocycles. The topological polar surface area (TPSA) is 58.3 Å². The molecule has 3 aromatic rings. The average Bonchev–Trinajstić information content (AvgIpc) is 3.18. The van der Waals surface area contributed by atoms with E-state index in [-0.39, 0.29) is 11.9 Å². The maximum Gasteiger partial charge on any atom is 0.165 e. The normalized spacial score (nSPS) is 22.0. The van der Waals surface area contributed by atoms with Crippen LogP contribution in [0.1, 0.15) is 36.9 Å². The van der Waals surface area contributed by atoms with Gasteiger partial charge >= 0.3 is 0 Å². The van der Waals surface area contributed by atoms with Crippen LogP contribution in [0.3, 0.4) is 0 Å². The second-order valence-corrected chi connectivity index (χ2v) is 10.5. The van der Waals surface area contributed by atoms with Crippen molar-refractivity contribution in [3.05, 3.63) is 76.4 Å². The number of aromatic nitrogens is 3. The fourth-order valence-electron chi connectivity index (χ4n) is 4.06. The van der Waals surface area contributed by atoms with Gasteiger partial charge in [0.25, 0.3) is 0 Å². The first-order valence-corrected chi connectivity index (χ1v) is 12.9. The van der Waals surface area contributed by atoms with Crippen molar-refractivity contribution in [2.45, 2.75) is 43.5 Å². The fourth-order valence-corrected chi connectivity index (χ4v) is 5.62. The summed E-state index contributed by atoms with van der Waals surface area (Å²) in [6, 6.07) is 10.6. The van der Waals surface area contributed by atoms with Crippen LogP contribution in [0, 0.1) is 5.82 Å². The van der Waals surface area contributed by atoms with Crippen LogP contribution in [0.15, 0.2) is 64.9 Å². The van der Waals surface area contributed by atoms with E-state index in [1.54, 1.807) is 29.5 Å². The molecule has 2 aromatic heterocycles. The van der Waals surface area contributed by atoms with Crippen LogP contribution in [0.2, 0.25) is 0 Å². The number of aliphatic imine (C=N–C) groups is 1. The first-order chi connectivity index (χ1) is 16.1. The Morgan fingerprint density at radius 1 is 1.18 bits per heavy atom. The van der Waals surface area contributed by atoms with E-state index in [2.05, 4.69) is 32.7 Å². The van der Waals surface area contributed by atoms with Crippen molar-refractivity contribution in [3.63, 3.8) is 0 Å². The number of halogens is 1. The van der Waals surface area contributed by atoms with Crippen molar-refractivity contribution in [1.82, 2.24) is 24.4 Å². The summed E-state index contributed by atoms with van der Waals surface area (Å²) in [5.74, 6) is 0.838. The molecule has 172 valence electrons. The van der Waals surface area contributed by atoms with Crippen LogP contribution >= 0.6 is 23.3 Å². The van der Waals surface area contributed by atoms with Crippen LogP contribution in [-0.2, 0) is 7.05 Å². The number of amidine groups is 1. The van der Waals surface area contributed by atoms with Gasteiger partial charge in [-0.15, -0.1) is 11.3 Å². The molecule has 1 saturated heterocycles. The monoisotopic (exact) mass is 482 g/mol. The number of nitrogens with zero attached hydrogens (tertiary/aromatic N) is 5. The van der Waals surface area contributed by atoms with Gasteiger partial charge in [-0.25, -0.2) is 9.37 Å². The molecular formula is C24H27FN6S2. The van der Waals surface area contributed by atoms with Gasteiger partial charge in [-0.3, -0.25) is 14.4 Å². The predicted octanol–water partition coefficient (Wildman–Crippen LogP) is 4.74. The molecule has 1 aromatic carbocycles. The van der Waals surface area contributed by atoms with E-state index in [1.165, 1.54) is 36.2 Å². The van der Waals surface area contributed by atoms with Crippen LogP contribution in [0.4, 0.5) is 4.39 Å². The molecule has 1 aliphatic carbocycles. The Hall–Kier alpha value is -2.49. The molecule has 0 radical (unpaired) electrons. The number of hydrogen-bond donors (Lipinski definition) is 1. The number of rotatable bonds is 5. The van der Waals surface area contributed by atoms with E-state index in [1.807, 2.05) is 41.5 Å². The van der Waals surface area contributed by atoms with Gasteiger partial charge < -0.3 is 4.90 Å². The first-order valence-electron chi connectivity index (χ1n) is 11.2. The van der Waals surface area contributed by atoms with Crippen molar-refractivity contribution in [1.29, 1.82) is 0 Å². The number of hydrogen-bond acceptors (Lipinski definition) is 7. The van der Waals surface area contributed by atoms with Gasteiger partial charge in [0.15, 0.2) is 10.8 Å². The number of thiazole rings is 1. The maximum absolute atomic E-state index is 11.9. The molecule has 9 heteroatoms. The van der Waals surface area contributed by atoms with E-state index in [0.717, 1.165) is 34.8 Å². The molecule has 2 unspecified atom stereocenters. The Morgan fingerprint density at radius 3 is 2.61 bits per heavy atom. The summed E-state index contributed by atoms with van der Waals surface area (Å²) >= 11 is 3.57. The van der Waals surface area contributed by atoms with Crippen molar-refractivity contribution in [2.24, 2.45) is 12.0 Å². The van der Waals surface area contributed by atoms with E-state index >= 15 is 0 Å². The lowest BCUT2D eigenvalue weighted by Gasteiger charge is -2.30. The largest absolute Gasteiger partial charge is 0.326 e. The molecule has 0 bridgehead atoms. The minimum absolute atomic E-state index is 0.0879. The van der Waals surface area contributed by atoms with Gasteiger partial charge in [0.2, 0.25) is 0 Å². The zero-order valence-electron chi connectivity index (χ0n) is 18.7. The van der Waals surface area contributed by atoms with Gasteiger partial charge in [0.1, 0.15) is 5.82 Å². The van der Waals surface area contributed by atoms with E-state index in [9.17, 15) is 4.39 Å². The summed E-state index contributed by atoms with van der Waals surface area (Å²) in [5.41, 5.74) is 3.65. The Morgan fingerprint density at radius 2 is 2.00 bits per heavy atom. The Labute approximate surface area is 201 Å². The van der Waals surface area contributed by atoms with E-state index in [0.29, 0.717) is 6.04 Å². The van der Waals surface area contributed by atoms with Gasteiger partial charge in [-0.1, -0.05) is 30.1 Å². The molecule has 2 atom stereocenters. The molecule has 2 fully saturated rings. The predicted molar refractivity (Wildman–Crippen MR) is 134 cm³/mol. The number of benzene rings is 1. The molecule has 3 aliphatic rings. The first kappa shape index (κ1) is 22.3. The highest BCUT2D eigenvalue weighted by molar-refractivity contribution is 7.98. The minimum Gasteiger partial charge on any atom is -0.326 e. The fraction of sp³-hybridized carbons (Fsp3) is 0.375. The van der Waals surface area contributed by atoms with Gasteiger partial charge in [-0.05, 0) is 38.0 Å². The second kappa shape index (κ2) is 9.79. The minimum atomic E-state index is -0.178. The molecule has 6 nitrogen and oxygen atoms in total. The zero-order chi connectivity index (χ0) is 22.8. The Bertz CT molecular complexity index is 1140. The van der Waals surface area contributed by atoms with Gasteiger partial charge in [0, 0.05) is 60.3 Å². The highest BCUT2D eigenvalue weighted by Gasteiger charge is 2.39. The summed E-state index contributed by atoms with van der Waals surface area (Å²) < 4.78 is 17.5. The smallest absolute Gasteiger partial charge is 0.165 e. The summed E-state index contributed by atoms with van der Waals surface area (Å²) in [6.45, 7) is 3.11. The van der Waals surface area contributed by atoms with Crippen molar-refractivity contribution < 1.29 is 4.39 Å². The summed E-state index contributed by atoms with van der Waals surface area (Å²) in [6.07, 6.45) is 7.57. The van der Waals surface area contributed by atoms with Crippen molar-refractivity contribution in [2.75, 3.05) is 6.54 Å². The SMILES string of the molecule is CC1N=C(c2nccs2)N2CC(NSC3CC3)CC2=C1c1ccn(C)n1.Fc1ccccc1. The van der Waals surface area contributed by atoms with Gasteiger partial charge in [0.05, 0.1) is 11.7 Å². The second-order valence-electron chi connectivity index (χ2n) is 8.44. The molecule has 4 heterocycles. The van der Waals surface area contributed by atoms with Crippen LogP contribution < -0.4 is 4.72 Å². The number of nitrogens with one attached hydrogen (secondary N) is 1. The van der Waals surface area contributed by atoms with E-state index in [4.69, 9.17) is 4.99 Å². The molecule has 0 amide bonds. The third kappa shape index (κ3) is 5.20. The molecule has 33 heavy (non-hydrogen) atoms. The molecular weight excluding hydrogens is 455 g/mol. The van der Waals surface area contributed by atoms with Gasteiger partial charge in [-0.2, -0.15) is 5.10 Å². The van der Waals surface area contributed by atoms with Crippen molar-refractivity contribution >= 4 is 34.7 Å². The lowest BCUT2D eigenvalue weighted by molar-refractivity contribution is 0.538. The van der Waals surface area contributed by atoms with Crippen LogP contribution in [0.5, 0.6) is 0 Å². The molecule has 1 N–H and O–H groups in total. The lowest BCUT2D eigenvalue weighted by atomic mass is 9.99. The number of aryl methyl sites for hydroxylation is 1. The summed E-state index contributed by atoms with van der Waals surface area (Å²) in [4.78, 5) is 11.9. The van der Waals surface area contributed by atoms with Crippen molar-refractivity contribution in [3.8, 4) is 0 Å². The molecule has 0 spiro atoms. The maximum atomic E-state index is 11.9. The Kier molecular flexibility index (Phi) is 6.62. The Balaban J connectivity index is 0.000000281. The average molecular weight is 483 g/mol. The third-order valence-corrected chi connectivity index (χ3v) is 7.78. The molecule has 2 aliphatic heterocycles. The summed E-state index contributed by atoms with van der Waals surface area (Å²) in [7, 11) is 1.97. The summed E-state index contributed by atoms with van der Waals surface area (Å²) in [5, 5.41) is 8.50. The lowest BCUT2D eigenvalue weighted by Crippen LogP contribution is -2.36. The standard InChI is InChI=1S/C18H22N6S2.C6H5F/c1-11-16(14-5-7-23(2)21-14)15-9-12(22-26-13-3-4-13)10-24(15)17(20-11)18-19-6-8-25-18;7-6-4-2-1-3-5-6/h5-8,11-13,22H,3-4,9-10H2,1-2H3;1-5H. The molecule has 6 rings (SSSR count). The third-order valence-electron chi connectivity index (χ3n) is 5.74. The highest BCUT2D eigenvalue weighted by Crippen LogP contribution is 2.39. The zero-order valence-corrected chi connectivity index (χ0v) is 20.3. The van der Waals surface area contributed by atoms with E-state index < -0.39 is 0 Å².